The lowest BCUT2D eigenvalue weighted by Gasteiger charge is -2.10. The number of hydrogen-bond donors (Lipinski definition) is 1. The van der Waals surface area contributed by atoms with Crippen LogP contribution in [0.25, 0.3) is 22.6 Å². The summed E-state index contributed by atoms with van der Waals surface area (Å²) in [5.41, 5.74) is 4.11. The molecule has 4 heteroatoms. The minimum atomic E-state index is 0.318. The Morgan fingerprint density at radius 2 is 1.73 bits per heavy atom. The molecule has 3 rings (SSSR count). The first kappa shape index (κ1) is 14.2. The number of aromatic nitrogens is 2. The van der Waals surface area contributed by atoms with Crippen LogP contribution >= 0.6 is 12.2 Å². The van der Waals surface area contributed by atoms with E-state index in [2.05, 4.69) is 16.0 Å². The van der Waals surface area contributed by atoms with E-state index in [0.717, 1.165) is 22.4 Å². The average molecular weight is 303 g/mol. The standard InChI is InChI=1S/C18H13N3S/c1-12-7-5-6-10-14(12)16-15(11-19)18(22)21-17(20-16)13-8-3-2-4-9-13/h2-10H,1H3,(H,20,21,22). The number of H-pyrrole nitrogens is 1. The first-order chi connectivity index (χ1) is 10.7. The van der Waals surface area contributed by atoms with Gasteiger partial charge in [0.25, 0.3) is 0 Å². The molecule has 0 saturated carbocycles. The molecule has 0 spiro atoms. The van der Waals surface area contributed by atoms with E-state index in [1.54, 1.807) is 0 Å². The zero-order chi connectivity index (χ0) is 15.5. The normalized spacial score (nSPS) is 10.2. The largest absolute Gasteiger partial charge is 0.338 e. The second kappa shape index (κ2) is 5.92. The molecule has 3 nitrogen and oxygen atoms in total. The molecule has 0 saturated heterocycles. The molecule has 0 unspecified atom stereocenters. The molecule has 0 aliphatic heterocycles. The third-order valence-electron chi connectivity index (χ3n) is 3.49. The molecule has 0 bridgehead atoms. The Balaban J connectivity index is 2.30. The van der Waals surface area contributed by atoms with Crippen LogP contribution in [0.15, 0.2) is 54.6 Å². The van der Waals surface area contributed by atoms with Crippen molar-refractivity contribution in [3.63, 3.8) is 0 Å². The van der Waals surface area contributed by atoms with Crippen molar-refractivity contribution in [2.75, 3.05) is 0 Å². The SMILES string of the molecule is Cc1ccccc1-c1[nH]c(-c2ccccc2)nc(=S)c1C#N. The number of rotatable bonds is 2. The monoisotopic (exact) mass is 303 g/mol. The number of nitrogens with zero attached hydrogens (tertiary/aromatic N) is 2. The zero-order valence-electron chi connectivity index (χ0n) is 12.0. The van der Waals surface area contributed by atoms with Gasteiger partial charge in [0.15, 0.2) is 0 Å². The Kier molecular flexibility index (Phi) is 3.82. The molecule has 1 heterocycles. The van der Waals surface area contributed by atoms with Gasteiger partial charge in [0.2, 0.25) is 0 Å². The van der Waals surface area contributed by atoms with Gasteiger partial charge in [0, 0.05) is 11.1 Å². The quantitative estimate of drug-likeness (QED) is 0.701. The van der Waals surface area contributed by atoms with Crippen LogP contribution < -0.4 is 0 Å². The van der Waals surface area contributed by atoms with Crippen molar-refractivity contribution in [1.82, 2.24) is 9.97 Å². The minimum absolute atomic E-state index is 0.318. The first-order valence-electron chi connectivity index (χ1n) is 6.86. The molecular formula is C18H13N3S. The van der Waals surface area contributed by atoms with Gasteiger partial charge < -0.3 is 4.98 Å². The van der Waals surface area contributed by atoms with Crippen molar-refractivity contribution in [1.29, 1.82) is 5.26 Å². The molecule has 0 aliphatic rings. The predicted molar refractivity (Wildman–Crippen MR) is 89.7 cm³/mol. The fourth-order valence-corrected chi connectivity index (χ4v) is 2.60. The highest BCUT2D eigenvalue weighted by Crippen LogP contribution is 2.27. The summed E-state index contributed by atoms with van der Waals surface area (Å²) < 4.78 is 0.318. The van der Waals surface area contributed by atoms with E-state index in [1.807, 2.05) is 61.5 Å². The van der Waals surface area contributed by atoms with Gasteiger partial charge in [-0.1, -0.05) is 66.8 Å². The van der Waals surface area contributed by atoms with Crippen molar-refractivity contribution in [3.05, 3.63) is 70.4 Å². The van der Waals surface area contributed by atoms with Gasteiger partial charge in [-0.25, -0.2) is 4.98 Å². The van der Waals surface area contributed by atoms with E-state index in [0.29, 0.717) is 16.0 Å². The van der Waals surface area contributed by atoms with Crippen molar-refractivity contribution in [3.8, 4) is 28.7 Å². The Morgan fingerprint density at radius 1 is 1.05 bits per heavy atom. The van der Waals surface area contributed by atoms with E-state index >= 15 is 0 Å². The van der Waals surface area contributed by atoms with Gasteiger partial charge in [-0.2, -0.15) is 5.26 Å². The Bertz CT molecular complexity index is 921. The highest BCUT2D eigenvalue weighted by Gasteiger charge is 2.13. The van der Waals surface area contributed by atoms with Gasteiger partial charge in [0.05, 0.1) is 5.69 Å². The molecule has 3 aromatic rings. The van der Waals surface area contributed by atoms with E-state index in [-0.39, 0.29) is 0 Å². The highest BCUT2D eigenvalue weighted by atomic mass is 32.1. The van der Waals surface area contributed by atoms with Gasteiger partial charge in [-0.15, -0.1) is 0 Å². The van der Waals surface area contributed by atoms with Crippen molar-refractivity contribution >= 4 is 12.2 Å². The Morgan fingerprint density at radius 3 is 2.41 bits per heavy atom. The summed E-state index contributed by atoms with van der Waals surface area (Å²) >= 11 is 5.32. The van der Waals surface area contributed by atoms with Crippen LogP contribution in [0.2, 0.25) is 0 Å². The molecule has 0 radical (unpaired) electrons. The smallest absolute Gasteiger partial charge is 0.148 e. The van der Waals surface area contributed by atoms with E-state index in [1.165, 1.54) is 0 Å². The number of hydrogen-bond acceptors (Lipinski definition) is 3. The molecule has 0 aliphatic carbocycles. The number of aromatic amines is 1. The molecular weight excluding hydrogens is 290 g/mol. The molecule has 0 amide bonds. The van der Waals surface area contributed by atoms with Crippen LogP contribution in [0.3, 0.4) is 0 Å². The summed E-state index contributed by atoms with van der Waals surface area (Å²) in [4.78, 5) is 7.64. The molecule has 0 fully saturated rings. The third kappa shape index (κ3) is 2.54. The average Bonchev–Trinajstić information content (AvgIpc) is 2.55. The second-order valence-corrected chi connectivity index (χ2v) is 5.32. The van der Waals surface area contributed by atoms with Gasteiger partial charge in [-0.3, -0.25) is 0 Å². The fourth-order valence-electron chi connectivity index (χ4n) is 2.37. The molecule has 1 N–H and O–H groups in total. The lowest BCUT2D eigenvalue weighted by Crippen LogP contribution is -1.99. The zero-order valence-corrected chi connectivity index (χ0v) is 12.8. The van der Waals surface area contributed by atoms with Crippen LogP contribution in [0.4, 0.5) is 0 Å². The Labute approximate surface area is 133 Å². The van der Waals surface area contributed by atoms with Crippen molar-refractivity contribution in [2.45, 2.75) is 6.92 Å². The summed E-state index contributed by atoms with van der Waals surface area (Å²) in [6, 6.07) is 19.8. The van der Waals surface area contributed by atoms with Crippen LogP contribution in [0.5, 0.6) is 0 Å². The maximum absolute atomic E-state index is 9.44. The molecule has 22 heavy (non-hydrogen) atoms. The van der Waals surface area contributed by atoms with E-state index in [9.17, 15) is 5.26 Å². The van der Waals surface area contributed by atoms with E-state index < -0.39 is 0 Å². The summed E-state index contributed by atoms with van der Waals surface area (Å²) in [5.74, 6) is 0.669. The van der Waals surface area contributed by atoms with Crippen molar-refractivity contribution in [2.24, 2.45) is 0 Å². The summed E-state index contributed by atoms with van der Waals surface area (Å²) in [6.07, 6.45) is 0. The maximum atomic E-state index is 9.44. The minimum Gasteiger partial charge on any atom is -0.338 e. The number of nitriles is 1. The summed E-state index contributed by atoms with van der Waals surface area (Å²) in [5, 5.41) is 9.44. The third-order valence-corrected chi connectivity index (χ3v) is 3.79. The molecule has 106 valence electrons. The molecule has 2 aromatic carbocycles. The summed E-state index contributed by atoms with van der Waals surface area (Å²) in [6.45, 7) is 2.01. The summed E-state index contributed by atoms with van der Waals surface area (Å²) in [7, 11) is 0. The number of aryl methyl sites for hydroxylation is 1. The van der Waals surface area contributed by atoms with Crippen LogP contribution in [-0.2, 0) is 0 Å². The van der Waals surface area contributed by atoms with E-state index in [4.69, 9.17) is 12.2 Å². The van der Waals surface area contributed by atoms with Gasteiger partial charge in [-0.05, 0) is 12.5 Å². The lowest BCUT2D eigenvalue weighted by molar-refractivity contribution is 1.14. The van der Waals surface area contributed by atoms with Crippen LogP contribution in [0, 0.1) is 22.9 Å². The van der Waals surface area contributed by atoms with Gasteiger partial charge in [0.1, 0.15) is 22.1 Å². The lowest BCUT2D eigenvalue weighted by atomic mass is 10.0. The molecule has 1 aromatic heterocycles. The Hall–Kier alpha value is -2.77. The maximum Gasteiger partial charge on any atom is 0.148 e. The van der Waals surface area contributed by atoms with Crippen molar-refractivity contribution < 1.29 is 0 Å². The molecule has 0 atom stereocenters. The predicted octanol–water partition coefficient (Wildman–Crippen LogP) is 4.65. The van der Waals surface area contributed by atoms with Crippen LogP contribution in [0.1, 0.15) is 11.1 Å². The second-order valence-electron chi connectivity index (χ2n) is 4.93. The van der Waals surface area contributed by atoms with Crippen LogP contribution in [-0.4, -0.2) is 9.97 Å². The number of nitrogens with one attached hydrogen (secondary N) is 1. The highest BCUT2D eigenvalue weighted by molar-refractivity contribution is 7.71. The van der Waals surface area contributed by atoms with Gasteiger partial charge >= 0.3 is 0 Å². The fraction of sp³-hybridized carbons (Fsp3) is 0.0556. The first-order valence-corrected chi connectivity index (χ1v) is 7.27. The number of benzene rings is 2. The topological polar surface area (TPSA) is 52.5 Å².